The molecule has 0 aliphatic carbocycles. The van der Waals surface area contributed by atoms with Crippen LogP contribution in [0.15, 0.2) is 36.9 Å². The molecule has 0 fully saturated rings. The molecule has 0 aliphatic rings. The van der Waals surface area contributed by atoms with Crippen LogP contribution in [0.5, 0.6) is 0 Å². The minimum absolute atomic E-state index is 0.00236. The van der Waals surface area contributed by atoms with E-state index in [0.717, 1.165) is 17.7 Å². The van der Waals surface area contributed by atoms with Crippen LogP contribution in [0.3, 0.4) is 0 Å². The summed E-state index contributed by atoms with van der Waals surface area (Å²) in [4.78, 5) is 22.2. The summed E-state index contributed by atoms with van der Waals surface area (Å²) >= 11 is 18.7. The molecular formula is C21H22Cl3N5O2. The van der Waals surface area contributed by atoms with Crippen molar-refractivity contribution in [3.8, 4) is 11.1 Å². The first kappa shape index (κ1) is 23.5. The number of aromatic nitrogens is 4. The molecule has 1 atom stereocenters. The van der Waals surface area contributed by atoms with Gasteiger partial charge in [-0.15, -0.1) is 0 Å². The number of carbonyl (C=O) groups is 1. The number of amides is 1. The summed E-state index contributed by atoms with van der Waals surface area (Å²) in [6.45, 7) is 6.61. The van der Waals surface area contributed by atoms with E-state index in [4.69, 9.17) is 34.8 Å². The zero-order chi connectivity index (χ0) is 22.7. The molecule has 1 N–H and O–H groups in total. The van der Waals surface area contributed by atoms with Crippen molar-refractivity contribution in [3.05, 3.63) is 57.8 Å². The largest absolute Gasteiger partial charge is 0.392 e. The molecule has 2 aromatic heterocycles. The minimum Gasteiger partial charge on any atom is -0.392 e. The average Bonchev–Trinajstić information content (AvgIpc) is 3.13. The number of carbonyl (C=O) groups excluding carboxylic acids is 1. The monoisotopic (exact) mass is 481 g/mol. The smallest absolute Gasteiger partial charge is 0.264 e. The summed E-state index contributed by atoms with van der Waals surface area (Å²) in [5.41, 5.74) is 2.09. The molecule has 10 heteroatoms. The number of nitrogens with zero attached hydrogens (tertiary/aromatic N) is 5. The van der Waals surface area contributed by atoms with Gasteiger partial charge in [0.15, 0.2) is 0 Å². The zero-order valence-electron chi connectivity index (χ0n) is 17.3. The van der Waals surface area contributed by atoms with Gasteiger partial charge in [0, 0.05) is 29.6 Å². The van der Waals surface area contributed by atoms with E-state index in [-0.39, 0.29) is 22.4 Å². The molecule has 1 amide bonds. The molecule has 3 aromatic rings. The highest BCUT2D eigenvalue weighted by Gasteiger charge is 2.26. The average molecular weight is 483 g/mol. The van der Waals surface area contributed by atoms with Gasteiger partial charge in [0.25, 0.3) is 5.91 Å². The van der Waals surface area contributed by atoms with Gasteiger partial charge in [-0.25, -0.2) is 9.97 Å². The first-order chi connectivity index (χ1) is 14.7. The molecule has 0 saturated heterocycles. The highest BCUT2D eigenvalue weighted by Crippen LogP contribution is 2.33. The van der Waals surface area contributed by atoms with E-state index in [1.54, 1.807) is 31.3 Å². The lowest BCUT2D eigenvalue weighted by atomic mass is 10.1. The number of rotatable bonds is 7. The topological polar surface area (TPSA) is 84.1 Å². The van der Waals surface area contributed by atoms with Crippen LogP contribution in [-0.2, 0) is 6.54 Å². The van der Waals surface area contributed by atoms with E-state index < -0.39 is 12.0 Å². The van der Waals surface area contributed by atoms with Crippen molar-refractivity contribution in [1.82, 2.24) is 19.7 Å². The maximum atomic E-state index is 13.2. The number of aliphatic hydroxyl groups excluding tert-OH is 1. The molecule has 1 unspecified atom stereocenters. The second-order valence-electron chi connectivity index (χ2n) is 7.60. The number of hydrogen-bond donors (Lipinski definition) is 1. The molecule has 0 spiro atoms. The van der Waals surface area contributed by atoms with Crippen LogP contribution in [0.2, 0.25) is 15.3 Å². The summed E-state index contributed by atoms with van der Waals surface area (Å²) in [6, 6.07) is 5.21. The molecular weight excluding hydrogens is 461 g/mol. The molecule has 164 valence electrons. The quantitative estimate of drug-likeness (QED) is 0.480. The predicted octanol–water partition coefficient (Wildman–Crippen LogP) is 4.98. The van der Waals surface area contributed by atoms with E-state index in [1.807, 2.05) is 10.9 Å². The molecule has 0 bridgehead atoms. The standard InChI is InChI=1S/C21H22Cl3N5O2/c1-12(2)8-28-10-14(7-27-28)16-5-4-15(6-17(16)22)29(9-13(3)30)21(31)18-19(23)25-11-26-20(18)24/h4-7,10-13,30H,8-9H2,1-3H3. The van der Waals surface area contributed by atoms with Crippen molar-refractivity contribution in [2.24, 2.45) is 5.92 Å². The Morgan fingerprint density at radius 3 is 2.42 bits per heavy atom. The van der Waals surface area contributed by atoms with E-state index in [9.17, 15) is 9.90 Å². The van der Waals surface area contributed by atoms with Crippen molar-refractivity contribution < 1.29 is 9.90 Å². The Kier molecular flexibility index (Phi) is 7.54. The van der Waals surface area contributed by atoms with Crippen molar-refractivity contribution in [2.45, 2.75) is 33.4 Å². The Morgan fingerprint density at radius 2 is 1.84 bits per heavy atom. The Labute approximate surface area is 195 Å². The van der Waals surface area contributed by atoms with Crippen molar-refractivity contribution >= 4 is 46.4 Å². The van der Waals surface area contributed by atoms with Gasteiger partial charge in [0.05, 0.1) is 23.9 Å². The molecule has 0 radical (unpaired) electrons. The van der Waals surface area contributed by atoms with E-state index in [0.29, 0.717) is 16.6 Å². The fraction of sp³-hybridized carbons (Fsp3) is 0.333. The fourth-order valence-corrected chi connectivity index (χ4v) is 3.87. The van der Waals surface area contributed by atoms with Gasteiger partial charge in [0.2, 0.25) is 0 Å². The SMILES string of the molecule is CC(C)Cn1cc(-c2ccc(N(CC(C)O)C(=O)c3c(Cl)ncnc3Cl)cc2Cl)cn1. The summed E-state index contributed by atoms with van der Waals surface area (Å²) in [7, 11) is 0. The Bertz CT molecular complexity index is 1060. The second kappa shape index (κ2) is 9.96. The first-order valence-corrected chi connectivity index (χ1v) is 10.8. The lowest BCUT2D eigenvalue weighted by Crippen LogP contribution is -2.37. The molecule has 7 nitrogen and oxygen atoms in total. The van der Waals surface area contributed by atoms with Crippen LogP contribution in [0.1, 0.15) is 31.1 Å². The van der Waals surface area contributed by atoms with E-state index >= 15 is 0 Å². The lowest BCUT2D eigenvalue weighted by Gasteiger charge is -2.25. The maximum absolute atomic E-state index is 13.2. The van der Waals surface area contributed by atoms with Crippen molar-refractivity contribution in [3.63, 3.8) is 0 Å². The summed E-state index contributed by atoms with van der Waals surface area (Å²) in [5.74, 6) is -0.0728. The van der Waals surface area contributed by atoms with Gasteiger partial charge < -0.3 is 10.0 Å². The third-order valence-corrected chi connectivity index (χ3v) is 5.31. The molecule has 3 rings (SSSR count). The normalized spacial score (nSPS) is 12.3. The Morgan fingerprint density at radius 1 is 1.16 bits per heavy atom. The molecule has 0 aliphatic heterocycles. The number of hydrogen-bond acceptors (Lipinski definition) is 5. The van der Waals surface area contributed by atoms with Crippen LogP contribution < -0.4 is 4.90 Å². The van der Waals surface area contributed by atoms with Gasteiger partial charge in [-0.05, 0) is 25.0 Å². The van der Waals surface area contributed by atoms with Crippen molar-refractivity contribution in [1.29, 1.82) is 0 Å². The van der Waals surface area contributed by atoms with Crippen LogP contribution >= 0.6 is 34.8 Å². The summed E-state index contributed by atoms with van der Waals surface area (Å²) in [6.07, 6.45) is 4.05. The molecule has 2 heterocycles. The van der Waals surface area contributed by atoms with Crippen LogP contribution in [0.25, 0.3) is 11.1 Å². The minimum atomic E-state index is -0.807. The molecule has 1 aromatic carbocycles. The number of anilines is 1. The summed E-state index contributed by atoms with van der Waals surface area (Å²) in [5, 5.41) is 14.6. The lowest BCUT2D eigenvalue weighted by molar-refractivity contribution is 0.0967. The summed E-state index contributed by atoms with van der Waals surface area (Å²) < 4.78 is 1.87. The van der Waals surface area contributed by atoms with Gasteiger partial charge >= 0.3 is 0 Å². The van der Waals surface area contributed by atoms with Crippen LogP contribution in [0.4, 0.5) is 5.69 Å². The molecule has 31 heavy (non-hydrogen) atoms. The van der Waals surface area contributed by atoms with Gasteiger partial charge in [-0.3, -0.25) is 9.48 Å². The number of halogens is 3. The third kappa shape index (κ3) is 5.54. The predicted molar refractivity (Wildman–Crippen MR) is 123 cm³/mol. The highest BCUT2D eigenvalue weighted by atomic mass is 35.5. The van der Waals surface area contributed by atoms with Crippen LogP contribution in [-0.4, -0.2) is 43.4 Å². The van der Waals surface area contributed by atoms with Crippen LogP contribution in [0, 0.1) is 5.92 Å². The fourth-order valence-electron chi connectivity index (χ4n) is 3.11. The van der Waals surface area contributed by atoms with Gasteiger partial charge in [0.1, 0.15) is 22.2 Å². The van der Waals surface area contributed by atoms with E-state index in [2.05, 4.69) is 28.9 Å². The number of aliphatic hydroxyl groups is 1. The maximum Gasteiger partial charge on any atom is 0.264 e. The van der Waals surface area contributed by atoms with Crippen molar-refractivity contribution in [2.75, 3.05) is 11.4 Å². The first-order valence-electron chi connectivity index (χ1n) is 9.65. The zero-order valence-corrected chi connectivity index (χ0v) is 19.5. The highest BCUT2D eigenvalue weighted by molar-refractivity contribution is 6.39. The third-order valence-electron chi connectivity index (χ3n) is 4.42. The van der Waals surface area contributed by atoms with Gasteiger partial charge in [-0.1, -0.05) is 54.7 Å². The second-order valence-corrected chi connectivity index (χ2v) is 8.73. The van der Waals surface area contributed by atoms with E-state index in [1.165, 1.54) is 11.2 Å². The molecule has 0 saturated carbocycles. The number of benzene rings is 1. The Hall–Kier alpha value is -2.19. The van der Waals surface area contributed by atoms with Gasteiger partial charge in [-0.2, -0.15) is 5.10 Å². The Balaban J connectivity index is 1.97.